The Balaban J connectivity index is 2.03. The SMILES string of the molecule is CN(Cc1cn[nH]c1)C(=O)C1(C(N)=S)CC1. The van der Waals surface area contributed by atoms with Crippen LogP contribution in [0.3, 0.4) is 0 Å². The highest BCUT2D eigenvalue weighted by atomic mass is 32.1. The number of carbonyl (C=O) groups excluding carboxylic acids is 1. The standard InChI is InChI=1S/C10H14N4OS/c1-14(6-7-4-12-13-5-7)9(15)10(2-3-10)8(11)16/h4-5H,2-3,6H2,1H3,(H2,11,16)(H,12,13). The zero-order valence-corrected chi connectivity index (χ0v) is 9.88. The van der Waals surface area contributed by atoms with E-state index >= 15 is 0 Å². The molecule has 1 saturated carbocycles. The van der Waals surface area contributed by atoms with E-state index in [2.05, 4.69) is 10.2 Å². The summed E-state index contributed by atoms with van der Waals surface area (Å²) in [6, 6.07) is 0. The molecule has 0 radical (unpaired) electrons. The van der Waals surface area contributed by atoms with Crippen molar-refractivity contribution in [2.75, 3.05) is 7.05 Å². The fourth-order valence-corrected chi connectivity index (χ4v) is 2.06. The average Bonchev–Trinajstić information content (AvgIpc) is 2.91. The fraction of sp³-hybridized carbons (Fsp3) is 0.500. The highest BCUT2D eigenvalue weighted by Crippen LogP contribution is 2.47. The molecule has 3 N–H and O–H groups in total. The number of rotatable bonds is 4. The summed E-state index contributed by atoms with van der Waals surface area (Å²) in [6.45, 7) is 0.527. The minimum atomic E-state index is -0.562. The highest BCUT2D eigenvalue weighted by Gasteiger charge is 2.53. The number of nitrogens with zero attached hydrogens (tertiary/aromatic N) is 2. The van der Waals surface area contributed by atoms with Gasteiger partial charge in [0.1, 0.15) is 0 Å². The maximum absolute atomic E-state index is 12.1. The molecule has 0 bridgehead atoms. The van der Waals surface area contributed by atoms with Gasteiger partial charge in [0.05, 0.1) is 16.6 Å². The number of carbonyl (C=O) groups is 1. The molecule has 1 heterocycles. The van der Waals surface area contributed by atoms with Crippen LogP contribution in [0, 0.1) is 5.41 Å². The molecule has 16 heavy (non-hydrogen) atoms. The maximum Gasteiger partial charge on any atom is 0.235 e. The van der Waals surface area contributed by atoms with Crippen LogP contribution < -0.4 is 5.73 Å². The molecule has 0 aromatic carbocycles. The van der Waals surface area contributed by atoms with Gasteiger partial charge in [0, 0.05) is 25.4 Å². The van der Waals surface area contributed by atoms with Crippen LogP contribution in [-0.2, 0) is 11.3 Å². The summed E-state index contributed by atoms with van der Waals surface area (Å²) in [5, 5.41) is 6.55. The molecule has 0 aliphatic heterocycles. The third-order valence-corrected chi connectivity index (χ3v) is 3.34. The second-order valence-corrected chi connectivity index (χ2v) is 4.65. The van der Waals surface area contributed by atoms with Crippen LogP contribution in [0.1, 0.15) is 18.4 Å². The molecule has 0 saturated heterocycles. The molecule has 1 aromatic heterocycles. The minimum absolute atomic E-state index is 0.0150. The number of nitrogens with one attached hydrogen (secondary N) is 1. The van der Waals surface area contributed by atoms with E-state index in [0.29, 0.717) is 11.5 Å². The lowest BCUT2D eigenvalue weighted by atomic mass is 10.1. The first kappa shape index (κ1) is 11.1. The van der Waals surface area contributed by atoms with E-state index in [-0.39, 0.29) is 5.91 Å². The summed E-state index contributed by atoms with van der Waals surface area (Å²) >= 11 is 4.95. The molecule has 1 aromatic rings. The van der Waals surface area contributed by atoms with E-state index in [4.69, 9.17) is 18.0 Å². The molecule has 1 fully saturated rings. The van der Waals surface area contributed by atoms with Gasteiger partial charge in [0.25, 0.3) is 0 Å². The summed E-state index contributed by atoms with van der Waals surface area (Å²) in [7, 11) is 1.76. The van der Waals surface area contributed by atoms with Crippen LogP contribution in [0.25, 0.3) is 0 Å². The van der Waals surface area contributed by atoms with E-state index < -0.39 is 5.41 Å². The van der Waals surface area contributed by atoms with E-state index in [1.54, 1.807) is 24.3 Å². The van der Waals surface area contributed by atoms with E-state index in [1.807, 2.05) is 0 Å². The zero-order valence-electron chi connectivity index (χ0n) is 9.06. The van der Waals surface area contributed by atoms with Crippen molar-refractivity contribution in [1.29, 1.82) is 0 Å². The number of hydrogen-bond acceptors (Lipinski definition) is 3. The number of H-pyrrole nitrogens is 1. The van der Waals surface area contributed by atoms with Crippen molar-refractivity contribution in [3.8, 4) is 0 Å². The topological polar surface area (TPSA) is 75.0 Å². The lowest BCUT2D eigenvalue weighted by Crippen LogP contribution is -2.40. The summed E-state index contributed by atoms with van der Waals surface area (Å²) in [5.74, 6) is 0.0150. The lowest BCUT2D eigenvalue weighted by molar-refractivity contribution is -0.133. The number of aromatic nitrogens is 2. The Kier molecular flexibility index (Phi) is 2.67. The summed E-state index contributed by atoms with van der Waals surface area (Å²) in [4.78, 5) is 14.1. The van der Waals surface area contributed by atoms with Gasteiger partial charge in [-0.3, -0.25) is 9.89 Å². The smallest absolute Gasteiger partial charge is 0.235 e. The number of nitrogens with two attached hydrogens (primary N) is 1. The monoisotopic (exact) mass is 238 g/mol. The molecule has 1 aliphatic carbocycles. The van der Waals surface area contributed by atoms with Crippen molar-refractivity contribution < 1.29 is 4.79 Å². The molecular weight excluding hydrogens is 224 g/mol. The van der Waals surface area contributed by atoms with Gasteiger partial charge < -0.3 is 10.6 Å². The minimum Gasteiger partial charge on any atom is -0.392 e. The van der Waals surface area contributed by atoms with Crippen LogP contribution in [0.2, 0.25) is 0 Å². The molecule has 0 unspecified atom stereocenters. The van der Waals surface area contributed by atoms with Crippen molar-refractivity contribution in [2.45, 2.75) is 19.4 Å². The van der Waals surface area contributed by atoms with E-state index in [1.165, 1.54) is 0 Å². The van der Waals surface area contributed by atoms with Gasteiger partial charge in [-0.15, -0.1) is 0 Å². The number of aromatic amines is 1. The second kappa shape index (κ2) is 3.86. The van der Waals surface area contributed by atoms with Gasteiger partial charge in [-0.25, -0.2) is 0 Å². The van der Waals surface area contributed by atoms with Crippen molar-refractivity contribution >= 4 is 23.1 Å². The Morgan fingerprint density at radius 2 is 2.44 bits per heavy atom. The first-order chi connectivity index (χ1) is 7.56. The van der Waals surface area contributed by atoms with Crippen molar-refractivity contribution in [1.82, 2.24) is 15.1 Å². The molecule has 0 atom stereocenters. The normalized spacial score (nSPS) is 16.8. The largest absolute Gasteiger partial charge is 0.392 e. The predicted molar refractivity (Wildman–Crippen MR) is 63.5 cm³/mol. The van der Waals surface area contributed by atoms with Gasteiger partial charge in [-0.1, -0.05) is 12.2 Å². The zero-order chi connectivity index (χ0) is 11.8. The summed E-state index contributed by atoms with van der Waals surface area (Å²) < 4.78 is 0. The summed E-state index contributed by atoms with van der Waals surface area (Å²) in [6.07, 6.45) is 5.02. The van der Waals surface area contributed by atoms with Gasteiger partial charge in [0.2, 0.25) is 5.91 Å². The molecular formula is C10H14N4OS. The van der Waals surface area contributed by atoms with Gasteiger partial charge >= 0.3 is 0 Å². The summed E-state index contributed by atoms with van der Waals surface area (Å²) in [5.41, 5.74) is 6.02. The Hall–Kier alpha value is -1.43. The van der Waals surface area contributed by atoms with Gasteiger partial charge in [-0.05, 0) is 12.8 Å². The Bertz CT molecular complexity index is 410. The number of thiocarbonyl (C=S) groups is 1. The maximum atomic E-state index is 12.1. The Morgan fingerprint density at radius 1 is 1.75 bits per heavy atom. The van der Waals surface area contributed by atoms with Crippen molar-refractivity contribution in [3.05, 3.63) is 18.0 Å². The van der Waals surface area contributed by atoms with Crippen LogP contribution in [0.4, 0.5) is 0 Å². The van der Waals surface area contributed by atoms with Crippen LogP contribution in [-0.4, -0.2) is 33.0 Å². The van der Waals surface area contributed by atoms with Crippen LogP contribution in [0.15, 0.2) is 12.4 Å². The van der Waals surface area contributed by atoms with E-state index in [0.717, 1.165) is 18.4 Å². The highest BCUT2D eigenvalue weighted by molar-refractivity contribution is 7.80. The molecule has 0 spiro atoms. The number of hydrogen-bond donors (Lipinski definition) is 2. The van der Waals surface area contributed by atoms with Gasteiger partial charge in [-0.2, -0.15) is 5.10 Å². The molecule has 5 nitrogen and oxygen atoms in total. The Morgan fingerprint density at radius 3 is 2.88 bits per heavy atom. The number of amides is 1. The first-order valence-corrected chi connectivity index (χ1v) is 5.50. The van der Waals surface area contributed by atoms with E-state index in [9.17, 15) is 4.79 Å². The van der Waals surface area contributed by atoms with Crippen molar-refractivity contribution in [3.63, 3.8) is 0 Å². The quantitative estimate of drug-likeness (QED) is 0.746. The third-order valence-electron chi connectivity index (χ3n) is 2.95. The van der Waals surface area contributed by atoms with Crippen LogP contribution >= 0.6 is 12.2 Å². The lowest BCUT2D eigenvalue weighted by Gasteiger charge is -2.22. The molecule has 1 aliphatic rings. The molecule has 86 valence electrons. The molecule has 6 heteroatoms. The fourth-order valence-electron chi connectivity index (χ4n) is 1.77. The third kappa shape index (κ3) is 1.80. The predicted octanol–water partition coefficient (Wildman–Crippen LogP) is 0.434. The molecule has 1 amide bonds. The Labute approximate surface area is 99.0 Å². The first-order valence-electron chi connectivity index (χ1n) is 5.09. The van der Waals surface area contributed by atoms with Gasteiger partial charge in [0.15, 0.2) is 0 Å². The van der Waals surface area contributed by atoms with Crippen LogP contribution in [0.5, 0.6) is 0 Å². The molecule has 2 rings (SSSR count). The second-order valence-electron chi connectivity index (χ2n) is 4.21. The van der Waals surface area contributed by atoms with Crippen molar-refractivity contribution in [2.24, 2.45) is 11.1 Å². The average molecular weight is 238 g/mol.